The van der Waals surface area contributed by atoms with E-state index in [2.05, 4.69) is 10.3 Å². The van der Waals surface area contributed by atoms with Gasteiger partial charge in [0.1, 0.15) is 5.82 Å². The maximum Gasteiger partial charge on any atom is 0.186 e. The van der Waals surface area contributed by atoms with E-state index in [4.69, 9.17) is 0 Å². The predicted molar refractivity (Wildman–Crippen MR) is 105 cm³/mol. The first-order chi connectivity index (χ1) is 13.2. The van der Waals surface area contributed by atoms with Crippen LogP contribution in [0.4, 0.5) is 4.39 Å². The van der Waals surface area contributed by atoms with Gasteiger partial charge in [-0.2, -0.15) is 0 Å². The summed E-state index contributed by atoms with van der Waals surface area (Å²) >= 11 is 0. The van der Waals surface area contributed by atoms with Gasteiger partial charge in [-0.3, -0.25) is 10.1 Å². The molecule has 27 heavy (non-hydrogen) atoms. The molecule has 1 atom stereocenters. The SMILES string of the molecule is O=C(c1c[nH]c2ccccc12)[C@H](NCc1ccccc1F)c1ccccc1. The molecule has 1 aromatic heterocycles. The Morgan fingerprint density at radius 2 is 1.63 bits per heavy atom. The van der Waals surface area contributed by atoms with Gasteiger partial charge in [-0.05, 0) is 17.7 Å². The van der Waals surface area contributed by atoms with Crippen molar-refractivity contribution in [1.29, 1.82) is 0 Å². The van der Waals surface area contributed by atoms with Crippen molar-refractivity contribution in [3.8, 4) is 0 Å². The number of Topliss-reactive ketones (excluding diaryl/α,β-unsaturated/α-hetero) is 1. The smallest absolute Gasteiger partial charge is 0.186 e. The number of ketones is 1. The third-order valence-corrected chi connectivity index (χ3v) is 4.70. The lowest BCUT2D eigenvalue weighted by atomic mass is 9.96. The van der Waals surface area contributed by atoms with Gasteiger partial charge in [-0.25, -0.2) is 4.39 Å². The first-order valence-corrected chi connectivity index (χ1v) is 8.86. The van der Waals surface area contributed by atoms with Crippen LogP contribution in [0.15, 0.2) is 85.1 Å². The number of para-hydroxylation sites is 1. The highest BCUT2D eigenvalue weighted by Gasteiger charge is 2.24. The first-order valence-electron chi connectivity index (χ1n) is 8.86. The molecule has 0 amide bonds. The highest BCUT2D eigenvalue weighted by atomic mass is 19.1. The van der Waals surface area contributed by atoms with Gasteiger partial charge in [0.05, 0.1) is 6.04 Å². The summed E-state index contributed by atoms with van der Waals surface area (Å²) in [6.07, 6.45) is 1.74. The molecule has 3 nitrogen and oxygen atoms in total. The number of rotatable bonds is 6. The summed E-state index contributed by atoms with van der Waals surface area (Å²) in [4.78, 5) is 16.5. The number of benzene rings is 3. The van der Waals surface area contributed by atoms with E-state index in [0.29, 0.717) is 11.1 Å². The Bertz CT molecular complexity index is 1070. The predicted octanol–water partition coefficient (Wildman–Crippen LogP) is 5.02. The van der Waals surface area contributed by atoms with E-state index >= 15 is 0 Å². The molecule has 0 unspecified atom stereocenters. The van der Waals surface area contributed by atoms with Gasteiger partial charge in [-0.1, -0.05) is 66.7 Å². The topological polar surface area (TPSA) is 44.9 Å². The Balaban J connectivity index is 1.68. The zero-order valence-electron chi connectivity index (χ0n) is 14.7. The minimum Gasteiger partial charge on any atom is -0.360 e. The fraction of sp³-hybridized carbons (Fsp3) is 0.0870. The quantitative estimate of drug-likeness (QED) is 0.475. The van der Waals surface area contributed by atoms with Gasteiger partial charge >= 0.3 is 0 Å². The standard InChI is InChI=1S/C23H19FN2O/c24-20-12-6-4-10-17(20)14-26-22(16-8-2-1-3-9-16)23(27)19-15-25-21-13-7-5-11-18(19)21/h1-13,15,22,25-26H,14H2/t22-/m1/s1. The van der Waals surface area contributed by atoms with Crippen molar-refractivity contribution in [2.24, 2.45) is 0 Å². The lowest BCUT2D eigenvalue weighted by Crippen LogP contribution is -2.28. The average molecular weight is 358 g/mol. The van der Waals surface area contributed by atoms with Crippen molar-refractivity contribution in [1.82, 2.24) is 10.3 Å². The molecule has 0 bridgehead atoms. The number of fused-ring (bicyclic) bond motifs is 1. The van der Waals surface area contributed by atoms with E-state index in [1.807, 2.05) is 54.6 Å². The van der Waals surface area contributed by atoms with Gasteiger partial charge in [-0.15, -0.1) is 0 Å². The molecule has 0 fully saturated rings. The van der Waals surface area contributed by atoms with Crippen LogP contribution in [0.2, 0.25) is 0 Å². The van der Waals surface area contributed by atoms with E-state index in [-0.39, 0.29) is 18.1 Å². The molecular weight excluding hydrogens is 339 g/mol. The number of carbonyl (C=O) groups excluding carboxylic acids is 1. The van der Waals surface area contributed by atoms with Crippen LogP contribution in [-0.4, -0.2) is 10.8 Å². The molecule has 0 radical (unpaired) electrons. The molecule has 3 aromatic carbocycles. The molecular formula is C23H19FN2O. The van der Waals surface area contributed by atoms with Gasteiger partial charge < -0.3 is 4.98 Å². The summed E-state index contributed by atoms with van der Waals surface area (Å²) in [6.45, 7) is 0.264. The van der Waals surface area contributed by atoms with Crippen molar-refractivity contribution < 1.29 is 9.18 Å². The molecule has 2 N–H and O–H groups in total. The first kappa shape index (κ1) is 17.2. The van der Waals surface area contributed by atoms with Crippen LogP contribution >= 0.6 is 0 Å². The Kier molecular flexibility index (Phi) is 4.81. The maximum absolute atomic E-state index is 14.0. The number of carbonyl (C=O) groups is 1. The summed E-state index contributed by atoms with van der Waals surface area (Å²) in [7, 11) is 0. The van der Waals surface area contributed by atoms with E-state index < -0.39 is 6.04 Å². The van der Waals surface area contributed by atoms with Gasteiger partial charge in [0.15, 0.2) is 5.78 Å². The number of H-pyrrole nitrogens is 1. The number of hydrogen-bond acceptors (Lipinski definition) is 2. The van der Waals surface area contributed by atoms with Crippen molar-refractivity contribution in [2.45, 2.75) is 12.6 Å². The van der Waals surface area contributed by atoms with Crippen molar-refractivity contribution in [3.05, 3.63) is 108 Å². The number of hydrogen-bond donors (Lipinski definition) is 2. The summed E-state index contributed by atoms with van der Waals surface area (Å²) in [6, 6.07) is 23.3. The van der Waals surface area contributed by atoms with Gasteiger partial charge in [0, 0.05) is 34.8 Å². The number of aromatic amines is 1. The van der Waals surface area contributed by atoms with Crippen LogP contribution in [0.1, 0.15) is 27.5 Å². The Labute approximate surface area is 156 Å². The second-order valence-electron chi connectivity index (χ2n) is 6.43. The van der Waals surface area contributed by atoms with Crippen molar-refractivity contribution in [3.63, 3.8) is 0 Å². The van der Waals surface area contributed by atoms with Gasteiger partial charge in [0.2, 0.25) is 0 Å². The molecule has 0 aliphatic heterocycles. The fourth-order valence-electron chi connectivity index (χ4n) is 3.29. The van der Waals surface area contributed by atoms with E-state index in [9.17, 15) is 9.18 Å². The normalized spacial score (nSPS) is 12.2. The molecule has 0 aliphatic carbocycles. The lowest BCUT2D eigenvalue weighted by molar-refractivity contribution is 0.0943. The minimum absolute atomic E-state index is 0.0463. The molecule has 134 valence electrons. The summed E-state index contributed by atoms with van der Waals surface area (Å²) in [5, 5.41) is 4.13. The van der Waals surface area contributed by atoms with E-state index in [0.717, 1.165) is 16.5 Å². The summed E-state index contributed by atoms with van der Waals surface area (Å²) in [5.41, 5.74) is 2.93. The number of halogens is 1. The molecule has 0 aliphatic rings. The third-order valence-electron chi connectivity index (χ3n) is 4.70. The molecule has 0 saturated heterocycles. The zero-order valence-corrected chi connectivity index (χ0v) is 14.7. The molecule has 4 heteroatoms. The molecule has 1 heterocycles. The second kappa shape index (κ2) is 7.56. The summed E-state index contributed by atoms with van der Waals surface area (Å²) in [5.74, 6) is -0.327. The van der Waals surface area contributed by atoms with Crippen LogP contribution in [-0.2, 0) is 6.54 Å². The molecule has 0 saturated carbocycles. The second-order valence-corrected chi connectivity index (χ2v) is 6.43. The molecule has 4 aromatic rings. The van der Waals surface area contributed by atoms with Crippen LogP contribution in [0.3, 0.4) is 0 Å². The van der Waals surface area contributed by atoms with E-state index in [1.54, 1.807) is 24.4 Å². The van der Waals surface area contributed by atoms with Crippen molar-refractivity contribution in [2.75, 3.05) is 0 Å². The zero-order chi connectivity index (χ0) is 18.6. The van der Waals surface area contributed by atoms with Crippen LogP contribution in [0.25, 0.3) is 10.9 Å². The Hall–Kier alpha value is -3.24. The van der Waals surface area contributed by atoms with Crippen LogP contribution < -0.4 is 5.32 Å². The average Bonchev–Trinajstić information content (AvgIpc) is 3.14. The van der Waals surface area contributed by atoms with Crippen LogP contribution in [0, 0.1) is 5.82 Å². The Morgan fingerprint density at radius 3 is 2.44 bits per heavy atom. The number of aromatic nitrogens is 1. The molecule has 4 rings (SSSR count). The van der Waals surface area contributed by atoms with Crippen molar-refractivity contribution >= 4 is 16.7 Å². The lowest BCUT2D eigenvalue weighted by Gasteiger charge is -2.18. The minimum atomic E-state index is -0.565. The van der Waals surface area contributed by atoms with E-state index in [1.165, 1.54) is 6.07 Å². The van der Waals surface area contributed by atoms with Crippen LogP contribution in [0.5, 0.6) is 0 Å². The number of nitrogens with one attached hydrogen (secondary N) is 2. The maximum atomic E-state index is 14.0. The summed E-state index contributed by atoms with van der Waals surface area (Å²) < 4.78 is 14.0. The Morgan fingerprint density at radius 1 is 0.926 bits per heavy atom. The fourth-order valence-corrected chi connectivity index (χ4v) is 3.29. The van der Waals surface area contributed by atoms with Gasteiger partial charge in [0.25, 0.3) is 0 Å². The largest absolute Gasteiger partial charge is 0.360 e. The third kappa shape index (κ3) is 3.52. The highest BCUT2D eigenvalue weighted by molar-refractivity contribution is 6.10. The monoisotopic (exact) mass is 358 g/mol. The highest BCUT2D eigenvalue weighted by Crippen LogP contribution is 2.25. The molecule has 0 spiro atoms.